The van der Waals surface area contributed by atoms with Crippen LogP contribution in [0.3, 0.4) is 0 Å². The maximum Gasteiger partial charge on any atom is 0.160 e. The molecule has 17 heavy (non-hydrogen) atoms. The quantitative estimate of drug-likeness (QED) is 0.859. The maximum absolute atomic E-state index is 13.1. The third-order valence-electron chi connectivity index (χ3n) is 3.03. The lowest BCUT2D eigenvalue weighted by Gasteiger charge is -2.27. The molecule has 96 valence electrons. The molecule has 1 N–H and O–H groups in total. The van der Waals surface area contributed by atoms with Gasteiger partial charge in [-0.05, 0) is 18.1 Å². The van der Waals surface area contributed by atoms with Crippen LogP contribution in [0, 0.1) is 23.5 Å². The molecule has 1 rings (SSSR count). The topological polar surface area (TPSA) is 23.5 Å². The number of halogens is 2. The minimum atomic E-state index is -0.848. The fourth-order valence-electron chi connectivity index (χ4n) is 1.66. The molecule has 1 atom stereocenters. The smallest absolute Gasteiger partial charge is 0.160 e. The summed E-state index contributed by atoms with van der Waals surface area (Å²) in [6, 6.07) is 3.82. The summed E-state index contributed by atoms with van der Waals surface area (Å²) in [6.45, 7) is 4.75. The molecule has 0 fully saturated rings. The van der Waals surface area contributed by atoms with Gasteiger partial charge in [0.25, 0.3) is 0 Å². The van der Waals surface area contributed by atoms with Crippen LogP contribution in [0.5, 0.6) is 0 Å². The van der Waals surface area contributed by atoms with Crippen LogP contribution in [0.2, 0.25) is 0 Å². The predicted octanol–water partition coefficient (Wildman–Crippen LogP) is 2.67. The average molecular weight is 243 g/mol. The molecule has 0 aliphatic heterocycles. The molecule has 1 unspecified atom stereocenters. The van der Waals surface area contributed by atoms with Crippen LogP contribution >= 0.6 is 0 Å². The highest BCUT2D eigenvalue weighted by atomic mass is 19.2. The summed E-state index contributed by atoms with van der Waals surface area (Å²) in [5.74, 6) is -1.23. The van der Waals surface area contributed by atoms with Gasteiger partial charge < -0.3 is 10.0 Å². The molecule has 0 aromatic heterocycles. The van der Waals surface area contributed by atoms with E-state index in [0.717, 1.165) is 6.07 Å². The van der Waals surface area contributed by atoms with Gasteiger partial charge in [-0.2, -0.15) is 0 Å². The van der Waals surface area contributed by atoms with Gasteiger partial charge in [-0.1, -0.05) is 13.8 Å². The average Bonchev–Trinajstić information content (AvgIpc) is 2.28. The first kappa shape index (κ1) is 13.9. The second kappa shape index (κ2) is 5.96. The van der Waals surface area contributed by atoms with Crippen LogP contribution in [0.15, 0.2) is 18.2 Å². The highest BCUT2D eigenvalue weighted by Gasteiger charge is 2.15. The normalized spacial score (nSPS) is 12.9. The lowest BCUT2D eigenvalue weighted by Crippen LogP contribution is -2.30. The van der Waals surface area contributed by atoms with Gasteiger partial charge in [-0.3, -0.25) is 0 Å². The van der Waals surface area contributed by atoms with E-state index in [2.05, 4.69) is 0 Å². The molecular weight excluding hydrogens is 224 g/mol. The summed E-state index contributed by atoms with van der Waals surface area (Å²) in [6.07, 6.45) is 0. The SMILES string of the molecule is CC(C)C(CO)CN(C)c1ccc(F)c(F)c1. The van der Waals surface area contributed by atoms with Gasteiger partial charge in [-0.15, -0.1) is 0 Å². The fourth-order valence-corrected chi connectivity index (χ4v) is 1.66. The second-order valence-electron chi connectivity index (χ2n) is 4.67. The molecule has 4 heteroatoms. The van der Waals surface area contributed by atoms with Crippen molar-refractivity contribution in [2.24, 2.45) is 11.8 Å². The molecule has 0 saturated heterocycles. The number of nitrogens with zero attached hydrogens (tertiary/aromatic N) is 1. The number of aliphatic hydroxyl groups is 1. The fraction of sp³-hybridized carbons (Fsp3) is 0.538. The van der Waals surface area contributed by atoms with E-state index in [1.807, 2.05) is 18.7 Å². The van der Waals surface area contributed by atoms with Crippen molar-refractivity contribution in [3.63, 3.8) is 0 Å². The van der Waals surface area contributed by atoms with Crippen molar-refractivity contribution in [2.75, 3.05) is 25.1 Å². The van der Waals surface area contributed by atoms with Crippen LogP contribution in [0.4, 0.5) is 14.5 Å². The summed E-state index contributed by atoms with van der Waals surface area (Å²) >= 11 is 0. The van der Waals surface area contributed by atoms with Gasteiger partial charge >= 0.3 is 0 Å². The summed E-state index contributed by atoms with van der Waals surface area (Å²) < 4.78 is 25.9. The molecule has 1 aromatic rings. The molecule has 0 amide bonds. The molecule has 0 heterocycles. The number of rotatable bonds is 5. The van der Waals surface area contributed by atoms with Crippen molar-refractivity contribution < 1.29 is 13.9 Å². The molecule has 2 nitrogen and oxygen atoms in total. The third kappa shape index (κ3) is 3.66. The van der Waals surface area contributed by atoms with E-state index in [-0.39, 0.29) is 12.5 Å². The molecule has 0 radical (unpaired) electrons. The Morgan fingerprint density at radius 3 is 2.35 bits per heavy atom. The van der Waals surface area contributed by atoms with Crippen LogP contribution in [-0.2, 0) is 0 Å². The summed E-state index contributed by atoms with van der Waals surface area (Å²) in [7, 11) is 1.80. The zero-order valence-electron chi connectivity index (χ0n) is 10.5. The largest absolute Gasteiger partial charge is 0.396 e. The lowest BCUT2D eigenvalue weighted by molar-refractivity contribution is 0.193. The molecule has 0 aliphatic carbocycles. The zero-order chi connectivity index (χ0) is 13.0. The van der Waals surface area contributed by atoms with Crippen molar-refractivity contribution in [1.82, 2.24) is 0 Å². The first-order valence-electron chi connectivity index (χ1n) is 5.72. The number of aliphatic hydroxyl groups excluding tert-OH is 1. The second-order valence-corrected chi connectivity index (χ2v) is 4.67. The highest BCUT2D eigenvalue weighted by Crippen LogP contribution is 2.19. The Kier molecular flexibility index (Phi) is 4.87. The number of anilines is 1. The summed E-state index contributed by atoms with van der Waals surface area (Å²) in [5.41, 5.74) is 0.614. The van der Waals surface area contributed by atoms with Gasteiger partial charge in [0.2, 0.25) is 0 Å². The van der Waals surface area contributed by atoms with Gasteiger partial charge in [0.15, 0.2) is 11.6 Å². The standard InChI is InChI=1S/C13H19F2NO/c1-9(2)10(8-17)7-16(3)11-4-5-12(14)13(15)6-11/h4-6,9-10,17H,7-8H2,1-3H3. The lowest BCUT2D eigenvalue weighted by atomic mass is 9.96. The van der Waals surface area contributed by atoms with E-state index in [1.54, 1.807) is 7.05 Å². The first-order chi connectivity index (χ1) is 7.95. The Hall–Kier alpha value is -1.16. The molecule has 0 saturated carbocycles. The number of hydrogen-bond donors (Lipinski definition) is 1. The van der Waals surface area contributed by atoms with E-state index in [4.69, 9.17) is 0 Å². The van der Waals surface area contributed by atoms with Crippen molar-refractivity contribution in [1.29, 1.82) is 0 Å². The van der Waals surface area contributed by atoms with E-state index in [0.29, 0.717) is 18.2 Å². The molecule has 1 aromatic carbocycles. The minimum absolute atomic E-state index is 0.0890. The first-order valence-corrected chi connectivity index (χ1v) is 5.72. The Bertz CT molecular complexity index is 368. The van der Waals surface area contributed by atoms with Crippen LogP contribution in [0.25, 0.3) is 0 Å². The van der Waals surface area contributed by atoms with Crippen LogP contribution in [-0.4, -0.2) is 25.3 Å². The Morgan fingerprint density at radius 2 is 1.88 bits per heavy atom. The van der Waals surface area contributed by atoms with Gasteiger partial charge in [0, 0.05) is 37.9 Å². The van der Waals surface area contributed by atoms with E-state index in [9.17, 15) is 13.9 Å². The van der Waals surface area contributed by atoms with Gasteiger partial charge in [-0.25, -0.2) is 8.78 Å². The van der Waals surface area contributed by atoms with Gasteiger partial charge in [0.05, 0.1) is 0 Å². The Labute approximate surface area is 101 Å². The summed E-state index contributed by atoms with van der Waals surface area (Å²) in [5, 5.41) is 9.23. The zero-order valence-corrected chi connectivity index (χ0v) is 10.5. The Balaban J connectivity index is 2.75. The molecule has 0 spiro atoms. The number of benzene rings is 1. The maximum atomic E-state index is 13.1. The predicted molar refractivity (Wildman–Crippen MR) is 65.0 cm³/mol. The molecular formula is C13H19F2NO. The Morgan fingerprint density at radius 1 is 1.24 bits per heavy atom. The van der Waals surface area contributed by atoms with Crippen molar-refractivity contribution in [2.45, 2.75) is 13.8 Å². The summed E-state index contributed by atoms with van der Waals surface area (Å²) in [4.78, 5) is 1.82. The van der Waals surface area contributed by atoms with E-state index >= 15 is 0 Å². The van der Waals surface area contributed by atoms with E-state index in [1.165, 1.54) is 12.1 Å². The van der Waals surface area contributed by atoms with Crippen molar-refractivity contribution >= 4 is 5.69 Å². The number of hydrogen-bond acceptors (Lipinski definition) is 2. The van der Waals surface area contributed by atoms with Crippen molar-refractivity contribution in [3.8, 4) is 0 Å². The van der Waals surface area contributed by atoms with Crippen LogP contribution < -0.4 is 4.90 Å². The monoisotopic (exact) mass is 243 g/mol. The molecule has 0 aliphatic rings. The van der Waals surface area contributed by atoms with Crippen molar-refractivity contribution in [3.05, 3.63) is 29.8 Å². The van der Waals surface area contributed by atoms with Crippen LogP contribution in [0.1, 0.15) is 13.8 Å². The molecule has 0 bridgehead atoms. The minimum Gasteiger partial charge on any atom is -0.396 e. The third-order valence-corrected chi connectivity index (χ3v) is 3.03. The van der Waals surface area contributed by atoms with Gasteiger partial charge in [0.1, 0.15) is 0 Å². The van der Waals surface area contributed by atoms with E-state index < -0.39 is 11.6 Å². The highest BCUT2D eigenvalue weighted by molar-refractivity contribution is 5.45.